The zero-order chi connectivity index (χ0) is 15.6. The van der Waals surface area contributed by atoms with Crippen LogP contribution < -0.4 is 5.73 Å². The van der Waals surface area contributed by atoms with Crippen LogP contribution in [0.1, 0.15) is 28.8 Å². The van der Waals surface area contributed by atoms with E-state index in [2.05, 4.69) is 22.6 Å². The van der Waals surface area contributed by atoms with E-state index in [1.807, 2.05) is 12.1 Å². The quantitative estimate of drug-likeness (QED) is 0.755. The Kier molecular flexibility index (Phi) is 4.90. The molecule has 0 saturated heterocycles. The van der Waals surface area contributed by atoms with Crippen LogP contribution in [0.25, 0.3) is 0 Å². The summed E-state index contributed by atoms with van der Waals surface area (Å²) in [7, 11) is 0. The molecule has 2 unspecified atom stereocenters. The Morgan fingerprint density at radius 3 is 1.86 bits per heavy atom. The van der Waals surface area contributed by atoms with Crippen LogP contribution in [0.4, 0.5) is 13.2 Å². The highest BCUT2D eigenvalue weighted by Gasteiger charge is 2.30. The average molecular weight is 407 g/mol. The first-order chi connectivity index (χ1) is 9.79. The van der Waals surface area contributed by atoms with Gasteiger partial charge < -0.3 is 10.8 Å². The number of hydrogen-bond acceptors (Lipinski definition) is 2. The lowest BCUT2D eigenvalue weighted by Crippen LogP contribution is -2.19. The van der Waals surface area contributed by atoms with E-state index in [0.717, 1.165) is 15.7 Å². The van der Waals surface area contributed by atoms with Crippen molar-refractivity contribution in [1.82, 2.24) is 0 Å². The summed E-state index contributed by atoms with van der Waals surface area (Å²) in [6, 6.07) is 10.9. The van der Waals surface area contributed by atoms with Crippen molar-refractivity contribution in [1.29, 1.82) is 0 Å². The second-order valence-electron chi connectivity index (χ2n) is 4.64. The lowest BCUT2D eigenvalue weighted by atomic mass is 9.96. The third-order valence-electron chi connectivity index (χ3n) is 3.17. The minimum Gasteiger partial charge on any atom is -0.386 e. The zero-order valence-corrected chi connectivity index (χ0v) is 13.0. The molecule has 0 bridgehead atoms. The maximum Gasteiger partial charge on any atom is 0.416 e. The summed E-state index contributed by atoms with van der Waals surface area (Å²) in [5.74, 6) is 0. The Morgan fingerprint density at radius 1 is 0.905 bits per heavy atom. The van der Waals surface area contributed by atoms with Crippen LogP contribution >= 0.6 is 22.6 Å². The molecule has 0 heterocycles. The van der Waals surface area contributed by atoms with E-state index in [1.165, 1.54) is 12.1 Å². The van der Waals surface area contributed by atoms with Gasteiger partial charge in [0.1, 0.15) is 0 Å². The summed E-state index contributed by atoms with van der Waals surface area (Å²) in [6.07, 6.45) is -5.35. The fourth-order valence-corrected chi connectivity index (χ4v) is 2.30. The molecule has 0 radical (unpaired) electrons. The van der Waals surface area contributed by atoms with Crippen molar-refractivity contribution in [3.63, 3.8) is 0 Å². The van der Waals surface area contributed by atoms with E-state index >= 15 is 0 Å². The maximum atomic E-state index is 12.5. The second-order valence-corrected chi connectivity index (χ2v) is 5.89. The van der Waals surface area contributed by atoms with E-state index in [-0.39, 0.29) is 0 Å². The SMILES string of the molecule is NC(c1ccc(C(F)(F)F)cc1)C(O)c1ccc(I)cc1. The van der Waals surface area contributed by atoms with Crippen LogP contribution in [0.5, 0.6) is 0 Å². The summed E-state index contributed by atoms with van der Waals surface area (Å²) < 4.78 is 38.5. The first kappa shape index (κ1) is 16.3. The molecule has 0 aromatic heterocycles. The molecule has 2 nitrogen and oxygen atoms in total. The van der Waals surface area contributed by atoms with Crippen molar-refractivity contribution >= 4 is 22.6 Å². The van der Waals surface area contributed by atoms with Crippen LogP contribution in [0.3, 0.4) is 0 Å². The van der Waals surface area contributed by atoms with E-state index in [9.17, 15) is 18.3 Å². The third-order valence-corrected chi connectivity index (χ3v) is 3.89. The van der Waals surface area contributed by atoms with Crippen molar-refractivity contribution in [3.8, 4) is 0 Å². The molecule has 2 aromatic rings. The van der Waals surface area contributed by atoms with Gasteiger partial charge in [0.2, 0.25) is 0 Å². The van der Waals surface area contributed by atoms with Crippen LogP contribution in [-0.2, 0) is 6.18 Å². The maximum absolute atomic E-state index is 12.5. The number of benzene rings is 2. The smallest absolute Gasteiger partial charge is 0.386 e. The van der Waals surface area contributed by atoms with Crippen LogP contribution in [-0.4, -0.2) is 5.11 Å². The number of rotatable bonds is 3. The lowest BCUT2D eigenvalue weighted by Gasteiger charge is -2.20. The van der Waals surface area contributed by atoms with Crippen molar-refractivity contribution in [2.75, 3.05) is 0 Å². The van der Waals surface area contributed by atoms with E-state index in [1.54, 1.807) is 12.1 Å². The standard InChI is InChI=1S/C15H13F3INO/c16-15(17,18)11-5-1-9(2-6-11)13(20)14(21)10-3-7-12(19)8-4-10/h1-8,13-14,21H,20H2. The number of halogens is 4. The van der Waals surface area contributed by atoms with Gasteiger partial charge in [-0.15, -0.1) is 0 Å². The molecule has 0 saturated carbocycles. The Morgan fingerprint density at radius 2 is 1.38 bits per heavy atom. The molecule has 112 valence electrons. The van der Waals surface area contributed by atoms with Gasteiger partial charge in [0.05, 0.1) is 17.7 Å². The summed E-state index contributed by atoms with van der Waals surface area (Å²) >= 11 is 2.14. The molecular weight excluding hydrogens is 394 g/mol. The van der Waals surface area contributed by atoms with Crippen molar-refractivity contribution in [3.05, 3.63) is 68.8 Å². The molecule has 0 aliphatic carbocycles. The van der Waals surface area contributed by atoms with Crippen LogP contribution in [0, 0.1) is 3.57 Å². The number of hydrogen-bond donors (Lipinski definition) is 2. The van der Waals surface area contributed by atoms with Gasteiger partial charge in [-0.3, -0.25) is 0 Å². The minimum absolute atomic E-state index is 0.453. The normalized spacial score (nSPS) is 14.8. The molecule has 0 aliphatic heterocycles. The lowest BCUT2D eigenvalue weighted by molar-refractivity contribution is -0.137. The van der Waals surface area contributed by atoms with Gasteiger partial charge in [0.25, 0.3) is 0 Å². The third kappa shape index (κ3) is 3.96. The molecule has 21 heavy (non-hydrogen) atoms. The van der Waals surface area contributed by atoms with Gasteiger partial charge in [-0.05, 0) is 58.0 Å². The molecule has 0 aliphatic rings. The van der Waals surface area contributed by atoms with Gasteiger partial charge in [-0.2, -0.15) is 13.2 Å². The second kappa shape index (κ2) is 6.33. The summed E-state index contributed by atoms with van der Waals surface area (Å²) in [6.45, 7) is 0. The number of alkyl halides is 3. The van der Waals surface area contributed by atoms with Crippen molar-refractivity contribution in [2.24, 2.45) is 5.73 Å². The Labute approximate surface area is 133 Å². The van der Waals surface area contributed by atoms with Gasteiger partial charge in [-0.1, -0.05) is 24.3 Å². The predicted molar refractivity (Wildman–Crippen MR) is 82.5 cm³/mol. The van der Waals surface area contributed by atoms with Crippen molar-refractivity contribution in [2.45, 2.75) is 18.3 Å². The molecule has 0 fully saturated rings. The molecular formula is C15H13F3INO. The van der Waals surface area contributed by atoms with Gasteiger partial charge in [0.15, 0.2) is 0 Å². The first-order valence-corrected chi connectivity index (χ1v) is 7.23. The zero-order valence-electron chi connectivity index (χ0n) is 10.8. The molecule has 2 atom stereocenters. The van der Waals surface area contributed by atoms with E-state index in [0.29, 0.717) is 11.1 Å². The molecule has 6 heteroatoms. The number of aliphatic hydroxyl groups excluding tert-OH is 1. The van der Waals surface area contributed by atoms with Gasteiger partial charge >= 0.3 is 6.18 Å². The van der Waals surface area contributed by atoms with E-state index in [4.69, 9.17) is 5.73 Å². The minimum atomic E-state index is -4.38. The Balaban J connectivity index is 2.19. The van der Waals surface area contributed by atoms with Gasteiger partial charge in [-0.25, -0.2) is 0 Å². The Hall–Kier alpha value is -1.12. The first-order valence-electron chi connectivity index (χ1n) is 6.15. The van der Waals surface area contributed by atoms with Crippen LogP contribution in [0.2, 0.25) is 0 Å². The highest BCUT2D eigenvalue weighted by atomic mass is 127. The molecule has 0 spiro atoms. The number of aliphatic hydroxyl groups is 1. The highest BCUT2D eigenvalue weighted by molar-refractivity contribution is 14.1. The summed E-state index contributed by atoms with van der Waals surface area (Å²) in [4.78, 5) is 0. The summed E-state index contributed by atoms with van der Waals surface area (Å²) in [5.41, 5.74) is 6.28. The fraction of sp³-hybridized carbons (Fsp3) is 0.200. The Bertz CT molecular complexity index is 596. The van der Waals surface area contributed by atoms with E-state index < -0.39 is 23.9 Å². The molecule has 0 amide bonds. The topological polar surface area (TPSA) is 46.2 Å². The fourth-order valence-electron chi connectivity index (χ4n) is 1.94. The number of nitrogens with two attached hydrogens (primary N) is 1. The van der Waals surface area contributed by atoms with Crippen LogP contribution in [0.15, 0.2) is 48.5 Å². The highest BCUT2D eigenvalue weighted by Crippen LogP contribution is 2.32. The monoisotopic (exact) mass is 407 g/mol. The molecule has 3 N–H and O–H groups in total. The molecule has 2 rings (SSSR count). The largest absolute Gasteiger partial charge is 0.416 e. The van der Waals surface area contributed by atoms with Crippen molar-refractivity contribution < 1.29 is 18.3 Å². The molecule has 2 aromatic carbocycles. The average Bonchev–Trinajstić information content (AvgIpc) is 2.46. The van der Waals surface area contributed by atoms with Gasteiger partial charge in [0, 0.05) is 3.57 Å². The predicted octanol–water partition coefficient (Wildman–Crippen LogP) is 4.04. The summed E-state index contributed by atoms with van der Waals surface area (Å²) in [5, 5.41) is 10.2.